The van der Waals surface area contributed by atoms with Crippen molar-refractivity contribution >= 4 is 5.82 Å². The Kier molecular flexibility index (Phi) is 3.91. The molecular weight excluding hydrogens is 222 g/mol. The molecule has 100 valence electrons. The Morgan fingerprint density at radius 1 is 1.56 bits per heavy atom. The fourth-order valence-corrected chi connectivity index (χ4v) is 2.76. The van der Waals surface area contributed by atoms with Crippen LogP contribution in [0.4, 0.5) is 5.82 Å². The summed E-state index contributed by atoms with van der Waals surface area (Å²) in [7, 11) is 0. The largest absolute Gasteiger partial charge is 0.384 e. The van der Waals surface area contributed by atoms with E-state index in [0.29, 0.717) is 17.3 Å². The van der Waals surface area contributed by atoms with E-state index in [9.17, 15) is 0 Å². The molecule has 0 bridgehead atoms. The predicted molar refractivity (Wildman–Crippen MR) is 76.3 cm³/mol. The zero-order valence-electron chi connectivity index (χ0n) is 11.7. The van der Waals surface area contributed by atoms with E-state index in [1.54, 1.807) is 6.20 Å². The van der Waals surface area contributed by atoms with Gasteiger partial charge >= 0.3 is 0 Å². The Morgan fingerprint density at radius 2 is 2.28 bits per heavy atom. The molecule has 2 rings (SSSR count). The Morgan fingerprint density at radius 3 is 2.83 bits per heavy atom. The van der Waals surface area contributed by atoms with Crippen molar-refractivity contribution in [2.45, 2.75) is 46.1 Å². The van der Waals surface area contributed by atoms with Crippen LogP contribution in [-0.4, -0.2) is 17.6 Å². The molecule has 3 heteroatoms. The summed E-state index contributed by atoms with van der Waals surface area (Å²) < 4.78 is 0. The van der Waals surface area contributed by atoms with Gasteiger partial charge in [-0.15, -0.1) is 0 Å². The first-order valence-corrected chi connectivity index (χ1v) is 6.96. The molecule has 1 aliphatic carbocycles. The quantitative estimate of drug-likeness (QED) is 0.812. The molecular formula is C15H25N3. The highest BCUT2D eigenvalue weighted by atomic mass is 14.9. The maximum Gasteiger partial charge on any atom is 0.123 e. The van der Waals surface area contributed by atoms with E-state index >= 15 is 0 Å². The molecule has 0 saturated heterocycles. The fourth-order valence-electron chi connectivity index (χ4n) is 2.76. The van der Waals surface area contributed by atoms with Crippen molar-refractivity contribution in [3.63, 3.8) is 0 Å². The first-order valence-electron chi connectivity index (χ1n) is 6.96. The summed E-state index contributed by atoms with van der Waals surface area (Å²) in [5.41, 5.74) is 7.54. The molecule has 2 unspecified atom stereocenters. The number of rotatable bonds is 6. The number of nitrogens with zero attached hydrogens (tertiary/aromatic N) is 1. The van der Waals surface area contributed by atoms with Gasteiger partial charge in [0.1, 0.15) is 5.82 Å². The van der Waals surface area contributed by atoms with E-state index in [4.69, 9.17) is 5.73 Å². The number of anilines is 1. The second kappa shape index (κ2) is 5.27. The fraction of sp³-hybridized carbons (Fsp3) is 0.667. The van der Waals surface area contributed by atoms with Gasteiger partial charge in [-0.3, -0.25) is 0 Å². The van der Waals surface area contributed by atoms with Gasteiger partial charge in [-0.1, -0.05) is 20.8 Å². The van der Waals surface area contributed by atoms with Gasteiger partial charge in [0.2, 0.25) is 0 Å². The first kappa shape index (κ1) is 13.3. The highest BCUT2D eigenvalue weighted by molar-refractivity contribution is 5.32. The van der Waals surface area contributed by atoms with E-state index in [-0.39, 0.29) is 0 Å². The van der Waals surface area contributed by atoms with Crippen molar-refractivity contribution in [3.8, 4) is 0 Å². The van der Waals surface area contributed by atoms with Gasteiger partial charge in [-0.2, -0.15) is 0 Å². The average molecular weight is 247 g/mol. The van der Waals surface area contributed by atoms with E-state index < -0.39 is 0 Å². The minimum absolute atomic E-state index is 0.504. The van der Waals surface area contributed by atoms with E-state index in [0.717, 1.165) is 18.9 Å². The summed E-state index contributed by atoms with van der Waals surface area (Å²) in [4.78, 5) is 4.06. The van der Waals surface area contributed by atoms with Crippen molar-refractivity contribution in [3.05, 3.63) is 23.9 Å². The molecule has 1 aromatic rings. The zero-order valence-corrected chi connectivity index (χ0v) is 11.7. The zero-order chi connectivity index (χ0) is 13.2. The van der Waals surface area contributed by atoms with Crippen molar-refractivity contribution in [1.29, 1.82) is 0 Å². The maximum absolute atomic E-state index is 5.75. The lowest BCUT2D eigenvalue weighted by Gasteiger charge is -2.20. The lowest BCUT2D eigenvalue weighted by atomic mass is 9.97. The molecule has 0 amide bonds. The Labute approximate surface area is 110 Å². The van der Waals surface area contributed by atoms with Gasteiger partial charge in [0.05, 0.1) is 0 Å². The lowest BCUT2D eigenvalue weighted by molar-refractivity contribution is 0.402. The molecule has 1 aromatic heterocycles. The number of hydrogen-bond acceptors (Lipinski definition) is 3. The van der Waals surface area contributed by atoms with Crippen LogP contribution >= 0.6 is 0 Å². The van der Waals surface area contributed by atoms with Crippen LogP contribution in [0.5, 0.6) is 0 Å². The van der Waals surface area contributed by atoms with Gasteiger partial charge in [0, 0.05) is 12.2 Å². The Bertz CT molecular complexity index is 400. The molecule has 0 aliphatic heterocycles. The third kappa shape index (κ3) is 3.22. The summed E-state index contributed by atoms with van der Waals surface area (Å²) in [5, 5.41) is 3.69. The minimum atomic E-state index is 0.504. The lowest BCUT2D eigenvalue weighted by Crippen LogP contribution is -2.35. The number of hydrogen-bond donors (Lipinski definition) is 2. The summed E-state index contributed by atoms with van der Waals surface area (Å²) in [6.07, 6.45) is 5.37. The van der Waals surface area contributed by atoms with Crippen LogP contribution in [0.25, 0.3) is 0 Å². The molecule has 2 atom stereocenters. The van der Waals surface area contributed by atoms with Gasteiger partial charge < -0.3 is 11.1 Å². The van der Waals surface area contributed by atoms with Gasteiger partial charge in [-0.25, -0.2) is 4.98 Å². The van der Waals surface area contributed by atoms with Crippen molar-refractivity contribution in [1.82, 2.24) is 10.3 Å². The van der Waals surface area contributed by atoms with Crippen molar-refractivity contribution in [2.24, 2.45) is 11.3 Å². The number of nitrogen functional groups attached to an aromatic ring is 1. The Hall–Kier alpha value is -1.09. The molecule has 0 radical (unpaired) electrons. The van der Waals surface area contributed by atoms with E-state index in [1.807, 2.05) is 6.07 Å². The normalized spacial score (nSPS) is 22.7. The van der Waals surface area contributed by atoms with E-state index in [1.165, 1.54) is 18.4 Å². The number of nitrogens with one attached hydrogen (secondary N) is 1. The monoisotopic (exact) mass is 247 g/mol. The summed E-state index contributed by atoms with van der Waals surface area (Å²) in [6, 6.07) is 4.64. The maximum atomic E-state index is 5.75. The molecule has 1 saturated carbocycles. The average Bonchev–Trinajstić information content (AvgIpc) is 2.94. The number of pyridine rings is 1. The summed E-state index contributed by atoms with van der Waals surface area (Å²) in [5.74, 6) is 1.41. The van der Waals surface area contributed by atoms with Crippen molar-refractivity contribution < 1.29 is 0 Å². The predicted octanol–water partition coefficient (Wildman–Crippen LogP) is 2.62. The van der Waals surface area contributed by atoms with E-state index in [2.05, 4.69) is 37.1 Å². The number of nitrogens with two attached hydrogens (primary N) is 1. The van der Waals surface area contributed by atoms with Gasteiger partial charge in [0.15, 0.2) is 0 Å². The third-order valence-corrected chi connectivity index (χ3v) is 4.03. The molecule has 0 aromatic carbocycles. The highest BCUT2D eigenvalue weighted by Crippen LogP contribution is 2.54. The van der Waals surface area contributed by atoms with Crippen LogP contribution in [0.15, 0.2) is 18.3 Å². The molecule has 1 aliphatic rings. The molecule has 18 heavy (non-hydrogen) atoms. The molecule has 0 spiro atoms. The van der Waals surface area contributed by atoms with Crippen LogP contribution in [0.1, 0.15) is 39.2 Å². The molecule has 3 nitrogen and oxygen atoms in total. The van der Waals surface area contributed by atoms with Crippen LogP contribution in [0.3, 0.4) is 0 Å². The summed E-state index contributed by atoms with van der Waals surface area (Å²) in [6.45, 7) is 8.03. The highest BCUT2D eigenvalue weighted by Gasteiger charge is 2.49. The standard InChI is InChI=1S/C15H25N3/c1-4-6-17-13(12-10-15(12,2)3)8-11-5-7-18-14(16)9-11/h5,7,9,12-13,17H,4,6,8,10H2,1-3H3,(H2,16,18). The number of aromatic nitrogens is 1. The second-order valence-corrected chi connectivity index (χ2v) is 6.15. The smallest absolute Gasteiger partial charge is 0.123 e. The minimum Gasteiger partial charge on any atom is -0.384 e. The first-order chi connectivity index (χ1) is 8.53. The summed E-state index contributed by atoms with van der Waals surface area (Å²) >= 11 is 0. The molecule has 1 heterocycles. The van der Waals surface area contributed by atoms with Gasteiger partial charge in [0.25, 0.3) is 0 Å². The van der Waals surface area contributed by atoms with Crippen LogP contribution in [-0.2, 0) is 6.42 Å². The van der Waals surface area contributed by atoms with Crippen LogP contribution in [0.2, 0.25) is 0 Å². The van der Waals surface area contributed by atoms with Gasteiger partial charge in [-0.05, 0) is 54.8 Å². The SMILES string of the molecule is CCCNC(Cc1ccnc(N)c1)C1CC1(C)C. The second-order valence-electron chi connectivity index (χ2n) is 6.15. The molecule has 1 fully saturated rings. The third-order valence-electron chi connectivity index (χ3n) is 4.03. The van der Waals surface area contributed by atoms with Crippen LogP contribution in [0, 0.1) is 11.3 Å². The Balaban J connectivity index is 2.01. The topological polar surface area (TPSA) is 50.9 Å². The van der Waals surface area contributed by atoms with Crippen LogP contribution < -0.4 is 11.1 Å². The van der Waals surface area contributed by atoms with Crippen molar-refractivity contribution in [2.75, 3.05) is 12.3 Å². The molecule has 3 N–H and O–H groups in total.